The van der Waals surface area contributed by atoms with Gasteiger partial charge in [-0.1, -0.05) is 0 Å². The predicted octanol–water partition coefficient (Wildman–Crippen LogP) is 0.191. The molecule has 0 saturated carbocycles. The number of nitrogens with zero attached hydrogens (tertiary/aromatic N) is 1. The van der Waals surface area contributed by atoms with Crippen molar-refractivity contribution in [2.75, 3.05) is 52.6 Å². The average molecular weight is 307 g/mol. The first kappa shape index (κ1) is 19.2. The number of rotatable bonds is 11. The van der Waals surface area contributed by atoms with Crippen LogP contribution in [0.25, 0.3) is 0 Å². The Morgan fingerprint density at radius 3 is 2.26 bits per heavy atom. The second-order valence-corrected chi connectivity index (χ2v) is 15.0. The third-order valence-corrected chi connectivity index (χ3v) is 9.64. The molecule has 0 aromatic rings. The molecule has 7 heteroatoms. The normalized spacial score (nSPS) is 13.3. The van der Waals surface area contributed by atoms with Crippen molar-refractivity contribution in [2.24, 2.45) is 5.73 Å². The van der Waals surface area contributed by atoms with Crippen molar-refractivity contribution >= 4 is 16.6 Å². The van der Waals surface area contributed by atoms with Gasteiger partial charge < -0.3 is 25.4 Å². The molecule has 0 fully saturated rings. The number of hydrogen-bond donors (Lipinski definition) is 3. The molecule has 5 nitrogen and oxygen atoms in total. The lowest BCUT2D eigenvalue weighted by atomic mass is 10.6. The van der Waals surface area contributed by atoms with Crippen LogP contribution >= 0.6 is 0 Å². The zero-order chi connectivity index (χ0) is 14.9. The topological polar surface area (TPSA) is 62.5 Å². The summed E-state index contributed by atoms with van der Waals surface area (Å²) in [5.74, 6) is 0. The number of likely N-dealkylation sites (N-methyl/N-ethyl adjacent to an activating group) is 2. The zero-order valence-electron chi connectivity index (χ0n) is 13.7. The van der Waals surface area contributed by atoms with Crippen molar-refractivity contribution in [3.05, 3.63) is 0 Å². The molecule has 0 heterocycles. The molecule has 0 spiro atoms. The monoisotopic (exact) mass is 306 g/mol. The molecule has 0 bridgehead atoms. The SMILES string of the molecule is CNCCNC[Si](C)(C)O[Si](C)(C)CN(C)CCN. The third-order valence-electron chi connectivity index (χ3n) is 2.82. The summed E-state index contributed by atoms with van der Waals surface area (Å²) in [7, 11) is 0.861. The van der Waals surface area contributed by atoms with Gasteiger partial charge in [0.15, 0.2) is 16.6 Å². The molecular weight excluding hydrogens is 272 g/mol. The first-order valence-electron chi connectivity index (χ1n) is 7.16. The molecule has 0 amide bonds. The van der Waals surface area contributed by atoms with E-state index in [-0.39, 0.29) is 0 Å². The van der Waals surface area contributed by atoms with Crippen LogP contribution in [0.3, 0.4) is 0 Å². The van der Waals surface area contributed by atoms with E-state index in [9.17, 15) is 0 Å². The van der Waals surface area contributed by atoms with Gasteiger partial charge in [0.1, 0.15) is 0 Å². The molecule has 116 valence electrons. The van der Waals surface area contributed by atoms with Crippen molar-refractivity contribution in [2.45, 2.75) is 26.2 Å². The second-order valence-electron chi connectivity index (χ2n) is 6.43. The quantitative estimate of drug-likeness (QED) is 0.376. The van der Waals surface area contributed by atoms with Crippen LogP contribution in [-0.4, -0.2) is 74.1 Å². The van der Waals surface area contributed by atoms with E-state index in [0.717, 1.165) is 32.0 Å². The van der Waals surface area contributed by atoms with Crippen LogP contribution in [0.4, 0.5) is 0 Å². The van der Waals surface area contributed by atoms with E-state index in [0.29, 0.717) is 6.54 Å². The molecule has 0 aromatic heterocycles. The number of nitrogens with two attached hydrogens (primary N) is 1. The maximum absolute atomic E-state index is 6.53. The summed E-state index contributed by atoms with van der Waals surface area (Å²) in [4.78, 5) is 2.30. The van der Waals surface area contributed by atoms with Crippen LogP contribution in [0.15, 0.2) is 0 Å². The largest absolute Gasteiger partial charge is 0.454 e. The van der Waals surface area contributed by atoms with Gasteiger partial charge in [-0.3, -0.25) is 0 Å². The standard InChI is InChI=1S/C12H34N4OSi2/c1-14-8-9-15-11-18(3,4)17-19(5,6)12-16(2)10-7-13/h14-15H,7-13H2,1-6H3. The molecule has 0 radical (unpaired) electrons. The highest BCUT2D eigenvalue weighted by molar-refractivity contribution is 6.85. The van der Waals surface area contributed by atoms with E-state index in [2.05, 4.69) is 48.8 Å². The van der Waals surface area contributed by atoms with Gasteiger partial charge in [-0.15, -0.1) is 0 Å². The fourth-order valence-corrected chi connectivity index (χ4v) is 11.1. The molecule has 19 heavy (non-hydrogen) atoms. The Kier molecular flexibility index (Phi) is 9.33. The summed E-state index contributed by atoms with van der Waals surface area (Å²) in [6, 6.07) is 0. The summed E-state index contributed by atoms with van der Waals surface area (Å²) < 4.78 is 6.53. The summed E-state index contributed by atoms with van der Waals surface area (Å²) in [5.41, 5.74) is 5.60. The number of hydrogen-bond acceptors (Lipinski definition) is 5. The van der Waals surface area contributed by atoms with Crippen molar-refractivity contribution in [1.82, 2.24) is 15.5 Å². The highest BCUT2D eigenvalue weighted by Crippen LogP contribution is 2.14. The fourth-order valence-electron chi connectivity index (χ4n) is 2.37. The zero-order valence-corrected chi connectivity index (χ0v) is 15.7. The van der Waals surface area contributed by atoms with Gasteiger partial charge >= 0.3 is 0 Å². The molecule has 0 aliphatic rings. The Labute approximate surface area is 121 Å². The summed E-state index contributed by atoms with van der Waals surface area (Å²) >= 11 is 0. The highest BCUT2D eigenvalue weighted by atomic mass is 28.4. The van der Waals surface area contributed by atoms with Gasteiger partial charge in [-0.25, -0.2) is 0 Å². The Morgan fingerprint density at radius 2 is 1.74 bits per heavy atom. The minimum absolute atomic E-state index is 0.716. The molecule has 0 aliphatic heterocycles. The van der Waals surface area contributed by atoms with Crippen molar-refractivity contribution in [3.63, 3.8) is 0 Å². The predicted molar refractivity (Wildman–Crippen MR) is 89.4 cm³/mol. The lowest BCUT2D eigenvalue weighted by molar-refractivity contribution is 0.369. The van der Waals surface area contributed by atoms with Crippen LogP contribution < -0.4 is 16.4 Å². The maximum atomic E-state index is 6.53. The van der Waals surface area contributed by atoms with E-state index in [1.165, 1.54) is 0 Å². The van der Waals surface area contributed by atoms with Gasteiger partial charge in [0.25, 0.3) is 0 Å². The first-order chi connectivity index (χ1) is 8.72. The van der Waals surface area contributed by atoms with E-state index in [1.54, 1.807) is 0 Å². The summed E-state index contributed by atoms with van der Waals surface area (Å²) in [6.45, 7) is 12.9. The van der Waals surface area contributed by atoms with Crippen LogP contribution in [0.2, 0.25) is 26.2 Å². The van der Waals surface area contributed by atoms with Crippen LogP contribution in [0.5, 0.6) is 0 Å². The summed E-state index contributed by atoms with van der Waals surface area (Å²) in [5, 5.41) is 6.64. The molecule has 4 N–H and O–H groups in total. The third kappa shape index (κ3) is 10.7. The molecular formula is C12H34N4OSi2. The second kappa shape index (κ2) is 9.22. The average Bonchev–Trinajstić information content (AvgIpc) is 2.22. The van der Waals surface area contributed by atoms with E-state index in [4.69, 9.17) is 9.85 Å². The maximum Gasteiger partial charge on any atom is 0.187 e. The molecule has 0 unspecified atom stereocenters. The Balaban J connectivity index is 4.13. The van der Waals surface area contributed by atoms with Gasteiger partial charge in [-0.05, 0) is 40.3 Å². The van der Waals surface area contributed by atoms with Crippen LogP contribution in [0, 0.1) is 0 Å². The minimum Gasteiger partial charge on any atom is -0.454 e. The molecule has 0 rings (SSSR count). The Bertz CT molecular complexity index is 240. The van der Waals surface area contributed by atoms with Crippen molar-refractivity contribution in [1.29, 1.82) is 0 Å². The lowest BCUT2D eigenvalue weighted by Gasteiger charge is -2.36. The van der Waals surface area contributed by atoms with Gasteiger partial charge in [0, 0.05) is 38.5 Å². The van der Waals surface area contributed by atoms with E-state index >= 15 is 0 Å². The molecule has 0 saturated heterocycles. The summed E-state index contributed by atoms with van der Waals surface area (Å²) in [6.07, 6.45) is 2.07. The van der Waals surface area contributed by atoms with Gasteiger partial charge in [0.05, 0.1) is 0 Å². The number of nitrogens with one attached hydrogen (secondary N) is 2. The van der Waals surface area contributed by atoms with E-state index in [1.807, 2.05) is 7.05 Å². The van der Waals surface area contributed by atoms with Gasteiger partial charge in [0.2, 0.25) is 0 Å². The molecule has 0 aromatic carbocycles. The lowest BCUT2D eigenvalue weighted by Crippen LogP contribution is -2.55. The van der Waals surface area contributed by atoms with Crippen LogP contribution in [0.1, 0.15) is 0 Å². The van der Waals surface area contributed by atoms with Crippen LogP contribution in [-0.2, 0) is 4.12 Å². The first-order valence-corrected chi connectivity index (χ1v) is 13.4. The highest BCUT2D eigenvalue weighted by Gasteiger charge is 2.33. The smallest absolute Gasteiger partial charge is 0.187 e. The van der Waals surface area contributed by atoms with Gasteiger partial charge in [-0.2, -0.15) is 0 Å². The van der Waals surface area contributed by atoms with E-state index < -0.39 is 16.6 Å². The fraction of sp³-hybridized carbons (Fsp3) is 1.00. The Hall–Kier alpha value is 0.234. The minimum atomic E-state index is -1.63. The Morgan fingerprint density at radius 1 is 1.11 bits per heavy atom. The van der Waals surface area contributed by atoms with Crippen molar-refractivity contribution in [3.8, 4) is 0 Å². The molecule has 0 aliphatic carbocycles. The molecule has 0 atom stereocenters. The van der Waals surface area contributed by atoms with Crippen molar-refractivity contribution < 1.29 is 4.12 Å².